The molecule has 3 aliphatic heterocycles. The van der Waals surface area contributed by atoms with Gasteiger partial charge in [0.25, 0.3) is 0 Å². The van der Waals surface area contributed by atoms with Gasteiger partial charge in [-0.1, -0.05) is 94.1 Å². The number of anilines is 1. The molecule has 3 heterocycles. The molecule has 2 atom stereocenters. The Morgan fingerprint density at radius 2 is 1.65 bits per heavy atom. The van der Waals surface area contributed by atoms with Crippen molar-refractivity contribution in [3.8, 4) is 0 Å². The zero-order valence-corrected chi connectivity index (χ0v) is 41.4. The van der Waals surface area contributed by atoms with Crippen molar-refractivity contribution in [2.75, 3.05) is 50.9 Å². The third-order valence-electron chi connectivity index (χ3n) is 13.7. The number of rotatable bonds is 23. The molecule has 1 saturated heterocycles. The van der Waals surface area contributed by atoms with E-state index in [1.807, 2.05) is 60.3 Å². The van der Waals surface area contributed by atoms with Crippen LogP contribution in [0, 0.1) is 0 Å². The molecule has 2 aromatic rings. The number of thiol groups is 1. The Hall–Kier alpha value is -4.61. The maximum absolute atomic E-state index is 14.8. The highest BCUT2D eigenvalue weighted by atomic mass is 32.2. The predicted octanol–water partition coefficient (Wildman–Crippen LogP) is 6.56. The van der Waals surface area contributed by atoms with E-state index in [2.05, 4.69) is 96.2 Å². The lowest BCUT2D eigenvalue weighted by atomic mass is 9.76. The molecule has 4 aliphatic rings. The van der Waals surface area contributed by atoms with E-state index in [4.69, 9.17) is 0 Å². The fourth-order valence-corrected chi connectivity index (χ4v) is 10.9. The molecule has 16 heteroatoms. The number of likely N-dealkylation sites (tertiary alicyclic amines) is 1. The second kappa shape index (κ2) is 21.6. The second-order valence-electron chi connectivity index (χ2n) is 19.2. The molecule has 1 amide bonds. The van der Waals surface area contributed by atoms with E-state index < -0.39 is 50.5 Å². The van der Waals surface area contributed by atoms with Gasteiger partial charge in [-0.05, 0) is 90.2 Å². The summed E-state index contributed by atoms with van der Waals surface area (Å²) < 4.78 is 38.7. The van der Waals surface area contributed by atoms with Gasteiger partial charge < -0.3 is 29.4 Å². The molecule has 14 nitrogen and oxygen atoms in total. The normalized spacial score (nSPS) is 20.3. The smallest absolute Gasteiger partial charge is 0.325 e. The number of amides is 1. The van der Waals surface area contributed by atoms with Gasteiger partial charge in [0.2, 0.25) is 11.6 Å². The van der Waals surface area contributed by atoms with E-state index >= 15 is 0 Å². The monoisotopic (exact) mass is 944 g/mol. The number of para-hydroxylation sites is 2. The Labute approximate surface area is 396 Å². The van der Waals surface area contributed by atoms with E-state index in [1.54, 1.807) is 0 Å². The van der Waals surface area contributed by atoms with Gasteiger partial charge in [-0.25, -0.2) is 8.42 Å². The number of unbranched alkanes of at least 4 members (excludes halogenated alkanes) is 4. The van der Waals surface area contributed by atoms with E-state index in [0.29, 0.717) is 55.6 Å². The van der Waals surface area contributed by atoms with Crippen molar-refractivity contribution < 1.29 is 41.6 Å². The van der Waals surface area contributed by atoms with E-state index in [9.17, 15) is 32.1 Å². The topological polar surface area (TPSA) is 171 Å². The Morgan fingerprint density at radius 3 is 2.35 bits per heavy atom. The lowest BCUT2D eigenvalue weighted by molar-refractivity contribution is -0.401. The van der Waals surface area contributed by atoms with Crippen molar-refractivity contribution in [3.05, 3.63) is 94.4 Å². The second-order valence-corrected chi connectivity index (χ2v) is 20.8. The third kappa shape index (κ3) is 11.2. The molecule has 0 saturated carbocycles. The average molecular weight is 945 g/mol. The largest absolute Gasteiger partial charge is 0.748 e. The number of allylic oxidation sites excluding steroid dienone is 5. The number of carbonyl (C=O) groups excluding carboxylic acids is 4. The first kappa shape index (κ1) is 50.8. The van der Waals surface area contributed by atoms with Crippen LogP contribution in [0.3, 0.4) is 0 Å². The van der Waals surface area contributed by atoms with Gasteiger partial charge >= 0.3 is 5.97 Å². The van der Waals surface area contributed by atoms with Gasteiger partial charge in [-0.2, -0.15) is 4.58 Å². The van der Waals surface area contributed by atoms with Crippen LogP contribution in [0.25, 0.3) is 0 Å². The molecule has 6 rings (SSSR count). The van der Waals surface area contributed by atoms with Gasteiger partial charge in [0.1, 0.15) is 19.1 Å². The number of carbonyl (C=O) groups is 4. The van der Waals surface area contributed by atoms with Crippen molar-refractivity contribution in [1.29, 1.82) is 0 Å². The van der Waals surface area contributed by atoms with Gasteiger partial charge in [0.15, 0.2) is 17.3 Å². The van der Waals surface area contributed by atoms with E-state index in [0.717, 1.165) is 73.5 Å². The lowest BCUT2D eigenvalue weighted by Gasteiger charge is -2.37. The Balaban J connectivity index is 1.28. The minimum atomic E-state index is -4.90. The number of ketones is 2. The Morgan fingerprint density at radius 1 is 0.955 bits per heavy atom. The Bertz CT molecular complexity index is 2420. The minimum Gasteiger partial charge on any atom is -0.748 e. The molecule has 0 radical (unpaired) electrons. The summed E-state index contributed by atoms with van der Waals surface area (Å²) in [4.78, 5) is 67.4. The molecular weight excluding hydrogens is 877 g/mol. The van der Waals surface area contributed by atoms with Crippen LogP contribution in [-0.4, -0.2) is 115 Å². The summed E-state index contributed by atoms with van der Waals surface area (Å²) in [6.45, 7) is 13.3. The highest BCUT2D eigenvalue weighted by Gasteiger charge is 2.49. The van der Waals surface area contributed by atoms with E-state index in [-0.39, 0.29) is 24.6 Å². The van der Waals surface area contributed by atoms with Gasteiger partial charge in [-0.3, -0.25) is 19.2 Å². The summed E-state index contributed by atoms with van der Waals surface area (Å²) in [5.41, 5.74) is 7.19. The SMILES string of the molecule is CCCCCN1/C(=C/C2=C(N3CCC[C@H]3C(=O)NC(CS(=O)(=O)[O-])C(=O)CCCN(C)CCCCCC(=O)ONS)C(=C/C3=[N+](C)c4ccccc4C3(C)C)/C2=O)C(C)(C)c2ccccc21. The van der Waals surface area contributed by atoms with Crippen molar-refractivity contribution in [3.63, 3.8) is 0 Å². The lowest BCUT2D eigenvalue weighted by Crippen LogP contribution is -2.52. The molecule has 0 bridgehead atoms. The molecule has 0 spiro atoms. The summed E-state index contributed by atoms with van der Waals surface area (Å²) in [5, 5.41) is 2.70. The first-order valence-corrected chi connectivity index (χ1v) is 25.5. The number of nitrogens with zero attached hydrogens (tertiary/aromatic N) is 4. The van der Waals surface area contributed by atoms with Crippen LogP contribution in [-0.2, 0) is 45.0 Å². The fourth-order valence-electron chi connectivity index (χ4n) is 10.1. The molecule has 358 valence electrons. The number of benzene rings is 2. The van der Waals surface area contributed by atoms with Crippen molar-refractivity contribution >= 4 is 63.5 Å². The van der Waals surface area contributed by atoms with Gasteiger partial charge in [0.05, 0.1) is 32.6 Å². The molecule has 1 aliphatic carbocycles. The van der Waals surface area contributed by atoms with Crippen LogP contribution in [0.2, 0.25) is 0 Å². The standard InChI is InChI=1S/C50H68N6O8S2/c1-8-9-16-29-55-40-23-15-13-21-37(40)50(4,5)44(55)32-35-46(34(47(35)59)31-43-49(2,3)36-20-12-14-22-39(36)54(43)7)56-30-18-24-41(56)48(60)51-38(33-66(61,62)63)42(57)25-19-28-53(6)27-17-10-11-26-45(58)64-52-65/h12-15,20-23,31-32,38,41,52,65H,8-11,16-19,24-30,33H2,1-7H3,(H-,51,60,61,62,63)/t38?,41-/m0/s1. The molecule has 0 aromatic heterocycles. The fraction of sp³-hybridized carbons (Fsp3) is 0.540. The minimum absolute atomic E-state index is 0.0384. The number of Topliss-reactive ketones (excluding diaryl/α,β-unsaturated/α-hetero) is 2. The summed E-state index contributed by atoms with van der Waals surface area (Å²) in [6, 6.07) is 14.2. The van der Waals surface area contributed by atoms with Crippen LogP contribution in [0.4, 0.5) is 11.4 Å². The van der Waals surface area contributed by atoms with Crippen LogP contribution < -0.4 is 15.1 Å². The summed E-state index contributed by atoms with van der Waals surface area (Å²) in [5.74, 6) is -2.67. The Kier molecular flexibility index (Phi) is 16.6. The number of nitrogens with one attached hydrogen (secondary N) is 2. The molecule has 2 N–H and O–H groups in total. The molecular formula is C50H68N6O8S2. The number of hydrogen-bond donors (Lipinski definition) is 3. The maximum atomic E-state index is 14.8. The number of fused-ring (bicyclic) bond motifs is 2. The summed E-state index contributed by atoms with van der Waals surface area (Å²) >= 11 is 3.65. The van der Waals surface area contributed by atoms with Gasteiger partial charge in [0, 0.05) is 66.0 Å². The van der Waals surface area contributed by atoms with Crippen LogP contribution >= 0.6 is 12.8 Å². The number of hydrogen-bond acceptors (Lipinski definition) is 13. The first-order valence-electron chi connectivity index (χ1n) is 23.4. The van der Waals surface area contributed by atoms with Crippen molar-refractivity contribution in [2.24, 2.45) is 0 Å². The van der Waals surface area contributed by atoms with Crippen molar-refractivity contribution in [1.82, 2.24) is 20.0 Å². The highest BCUT2D eigenvalue weighted by molar-refractivity contribution is 7.85. The summed E-state index contributed by atoms with van der Waals surface area (Å²) in [7, 11) is -0.993. The molecule has 2 aromatic carbocycles. The zero-order valence-electron chi connectivity index (χ0n) is 39.7. The molecule has 1 fully saturated rings. The predicted molar refractivity (Wildman–Crippen MR) is 259 cm³/mol. The van der Waals surface area contributed by atoms with Crippen LogP contribution in [0.5, 0.6) is 0 Å². The average Bonchev–Trinajstić information content (AvgIpc) is 3.88. The summed E-state index contributed by atoms with van der Waals surface area (Å²) in [6.07, 6.45) is 11.0. The van der Waals surface area contributed by atoms with Crippen LogP contribution in [0.15, 0.2) is 83.2 Å². The third-order valence-corrected chi connectivity index (χ3v) is 14.6. The quantitative estimate of drug-likeness (QED) is 0.0274. The first-order chi connectivity index (χ1) is 31.3. The van der Waals surface area contributed by atoms with Gasteiger partial charge in [-0.15, -0.1) is 0 Å². The maximum Gasteiger partial charge on any atom is 0.325 e. The van der Waals surface area contributed by atoms with Crippen molar-refractivity contribution in [2.45, 2.75) is 128 Å². The van der Waals surface area contributed by atoms with E-state index in [1.165, 1.54) is 5.56 Å². The molecule has 1 unspecified atom stereocenters. The highest BCUT2D eigenvalue weighted by Crippen LogP contribution is 2.50. The van der Waals surface area contributed by atoms with Crippen LogP contribution in [0.1, 0.15) is 116 Å². The zero-order chi connectivity index (χ0) is 48.0. The molecule has 66 heavy (non-hydrogen) atoms.